The number of carbonyl (C=O) groups excluding carboxylic acids is 1. The van der Waals surface area contributed by atoms with Gasteiger partial charge in [-0.2, -0.15) is 0 Å². The zero-order valence-corrected chi connectivity index (χ0v) is 15.7. The number of benzene rings is 2. The minimum Gasteiger partial charge on any atom is -0.497 e. The SMILES string of the molecule is COc1ccc(C2=N/C(=C\c3ccc(N(C)C)cc3)C(=O)O2)c(Br)c1. The third-order valence-corrected chi connectivity index (χ3v) is 4.40. The van der Waals surface area contributed by atoms with Crippen LogP contribution in [-0.2, 0) is 9.53 Å². The Kier molecular flexibility index (Phi) is 4.90. The van der Waals surface area contributed by atoms with Crippen molar-refractivity contribution in [3.05, 3.63) is 63.8 Å². The van der Waals surface area contributed by atoms with Crippen LogP contribution >= 0.6 is 15.9 Å². The molecule has 0 fully saturated rings. The van der Waals surface area contributed by atoms with Crippen LogP contribution in [0.1, 0.15) is 11.1 Å². The largest absolute Gasteiger partial charge is 0.497 e. The van der Waals surface area contributed by atoms with Gasteiger partial charge in [0.2, 0.25) is 5.90 Å². The lowest BCUT2D eigenvalue weighted by Gasteiger charge is -2.11. The number of methoxy groups -OCH3 is 1. The van der Waals surface area contributed by atoms with E-state index in [1.165, 1.54) is 0 Å². The zero-order chi connectivity index (χ0) is 18.0. The second-order valence-corrected chi connectivity index (χ2v) is 6.52. The van der Waals surface area contributed by atoms with E-state index in [0.29, 0.717) is 11.3 Å². The summed E-state index contributed by atoms with van der Waals surface area (Å²) in [5.74, 6) is 0.516. The normalized spacial score (nSPS) is 15.1. The van der Waals surface area contributed by atoms with Crippen LogP contribution in [0.4, 0.5) is 5.69 Å². The van der Waals surface area contributed by atoms with Crippen LogP contribution in [0.15, 0.2) is 57.6 Å². The number of halogens is 1. The highest BCUT2D eigenvalue weighted by molar-refractivity contribution is 9.10. The molecule has 5 nitrogen and oxygen atoms in total. The van der Waals surface area contributed by atoms with Crippen molar-refractivity contribution < 1.29 is 14.3 Å². The standard InChI is InChI=1S/C19H17BrN2O3/c1-22(2)13-6-4-12(5-7-13)10-17-19(23)25-18(21-17)15-9-8-14(24-3)11-16(15)20/h4-11H,1-3H3/b17-10-. The number of esters is 1. The van der Waals surface area contributed by atoms with Gasteiger partial charge in [-0.05, 0) is 57.9 Å². The van der Waals surface area contributed by atoms with Gasteiger partial charge in [0.1, 0.15) is 5.75 Å². The summed E-state index contributed by atoms with van der Waals surface area (Å²) in [6.07, 6.45) is 1.71. The molecule has 1 aliphatic heterocycles. The second kappa shape index (κ2) is 7.11. The molecule has 1 aliphatic rings. The van der Waals surface area contributed by atoms with E-state index in [-0.39, 0.29) is 11.6 Å². The topological polar surface area (TPSA) is 51.1 Å². The third-order valence-electron chi connectivity index (χ3n) is 3.74. The lowest BCUT2D eigenvalue weighted by atomic mass is 10.1. The first-order chi connectivity index (χ1) is 12.0. The molecule has 2 aromatic rings. The molecule has 2 aromatic carbocycles. The number of cyclic esters (lactones) is 1. The summed E-state index contributed by atoms with van der Waals surface area (Å²) in [6, 6.07) is 13.2. The summed E-state index contributed by atoms with van der Waals surface area (Å²) in [5, 5.41) is 0. The Morgan fingerprint density at radius 3 is 2.48 bits per heavy atom. The van der Waals surface area contributed by atoms with Crippen molar-refractivity contribution in [2.45, 2.75) is 0 Å². The Hall–Kier alpha value is -2.60. The van der Waals surface area contributed by atoms with E-state index in [1.54, 1.807) is 31.4 Å². The smallest absolute Gasteiger partial charge is 0.363 e. The molecule has 6 heteroatoms. The molecule has 128 valence electrons. The van der Waals surface area contributed by atoms with Gasteiger partial charge in [-0.25, -0.2) is 9.79 Å². The highest BCUT2D eigenvalue weighted by Gasteiger charge is 2.25. The fourth-order valence-electron chi connectivity index (χ4n) is 2.35. The maximum Gasteiger partial charge on any atom is 0.363 e. The molecule has 0 aromatic heterocycles. The second-order valence-electron chi connectivity index (χ2n) is 5.67. The fourth-order valence-corrected chi connectivity index (χ4v) is 2.87. The van der Waals surface area contributed by atoms with Crippen molar-refractivity contribution in [3.8, 4) is 5.75 Å². The van der Waals surface area contributed by atoms with Crippen LogP contribution in [-0.4, -0.2) is 33.1 Å². The van der Waals surface area contributed by atoms with Crippen molar-refractivity contribution in [1.82, 2.24) is 0 Å². The van der Waals surface area contributed by atoms with Gasteiger partial charge in [0.15, 0.2) is 5.70 Å². The number of anilines is 1. The lowest BCUT2D eigenvalue weighted by Crippen LogP contribution is -2.08. The van der Waals surface area contributed by atoms with Crippen LogP contribution in [0.5, 0.6) is 5.75 Å². The van der Waals surface area contributed by atoms with Crippen molar-refractivity contribution in [1.29, 1.82) is 0 Å². The van der Waals surface area contributed by atoms with Gasteiger partial charge < -0.3 is 14.4 Å². The summed E-state index contributed by atoms with van der Waals surface area (Å²) in [6.45, 7) is 0. The molecule has 0 unspecified atom stereocenters. The Morgan fingerprint density at radius 2 is 1.88 bits per heavy atom. The molecule has 0 spiro atoms. The lowest BCUT2D eigenvalue weighted by molar-refractivity contribution is -0.129. The Morgan fingerprint density at radius 1 is 1.16 bits per heavy atom. The Balaban J connectivity index is 1.89. The van der Waals surface area contributed by atoms with E-state index < -0.39 is 5.97 Å². The number of hydrogen-bond donors (Lipinski definition) is 0. The van der Waals surface area contributed by atoms with Gasteiger partial charge in [-0.15, -0.1) is 0 Å². The average Bonchev–Trinajstić information content (AvgIpc) is 2.95. The molecular formula is C19H17BrN2O3. The maximum atomic E-state index is 12.1. The molecule has 3 rings (SSSR count). The number of ether oxygens (including phenoxy) is 2. The molecule has 25 heavy (non-hydrogen) atoms. The van der Waals surface area contributed by atoms with Crippen molar-refractivity contribution in [2.75, 3.05) is 26.1 Å². The molecule has 0 atom stereocenters. The minimum atomic E-state index is -0.464. The van der Waals surface area contributed by atoms with E-state index in [4.69, 9.17) is 9.47 Å². The van der Waals surface area contributed by atoms with E-state index in [1.807, 2.05) is 43.3 Å². The summed E-state index contributed by atoms with van der Waals surface area (Å²) in [7, 11) is 5.55. The van der Waals surface area contributed by atoms with Gasteiger partial charge in [-0.1, -0.05) is 12.1 Å². The van der Waals surface area contributed by atoms with Crippen molar-refractivity contribution in [2.24, 2.45) is 4.99 Å². The summed E-state index contributed by atoms with van der Waals surface area (Å²) in [4.78, 5) is 18.5. The molecule has 0 saturated carbocycles. The first-order valence-corrected chi connectivity index (χ1v) is 8.41. The number of carbonyl (C=O) groups is 1. The monoisotopic (exact) mass is 400 g/mol. The average molecular weight is 401 g/mol. The first kappa shape index (κ1) is 17.2. The molecule has 0 N–H and O–H groups in total. The van der Waals surface area contributed by atoms with Gasteiger partial charge in [0.05, 0.1) is 12.7 Å². The Labute approximate surface area is 154 Å². The predicted molar refractivity (Wildman–Crippen MR) is 102 cm³/mol. The predicted octanol–water partition coefficient (Wildman–Crippen LogP) is 3.87. The Bertz CT molecular complexity index is 871. The quantitative estimate of drug-likeness (QED) is 0.577. The van der Waals surface area contributed by atoms with E-state index >= 15 is 0 Å². The van der Waals surface area contributed by atoms with E-state index in [2.05, 4.69) is 20.9 Å². The third kappa shape index (κ3) is 3.74. The molecule has 0 saturated heterocycles. The maximum absolute atomic E-state index is 12.1. The van der Waals surface area contributed by atoms with Crippen molar-refractivity contribution in [3.63, 3.8) is 0 Å². The van der Waals surface area contributed by atoms with Gasteiger partial charge >= 0.3 is 5.97 Å². The number of aliphatic imine (C=N–C) groups is 1. The van der Waals surface area contributed by atoms with Crippen LogP contribution < -0.4 is 9.64 Å². The molecule has 1 heterocycles. The summed E-state index contributed by atoms with van der Waals surface area (Å²) >= 11 is 3.45. The summed E-state index contributed by atoms with van der Waals surface area (Å²) < 4.78 is 11.2. The summed E-state index contributed by atoms with van der Waals surface area (Å²) in [5.41, 5.74) is 2.94. The zero-order valence-electron chi connectivity index (χ0n) is 14.1. The molecule has 0 bridgehead atoms. The van der Waals surface area contributed by atoms with Gasteiger partial charge in [-0.3, -0.25) is 0 Å². The van der Waals surface area contributed by atoms with Gasteiger partial charge in [0, 0.05) is 24.3 Å². The highest BCUT2D eigenvalue weighted by atomic mass is 79.9. The number of rotatable bonds is 4. The molecular weight excluding hydrogens is 384 g/mol. The van der Waals surface area contributed by atoms with Crippen LogP contribution in [0.25, 0.3) is 6.08 Å². The van der Waals surface area contributed by atoms with Crippen LogP contribution in [0.3, 0.4) is 0 Å². The number of hydrogen-bond acceptors (Lipinski definition) is 5. The molecule has 0 radical (unpaired) electrons. The highest BCUT2D eigenvalue weighted by Crippen LogP contribution is 2.27. The van der Waals surface area contributed by atoms with E-state index in [0.717, 1.165) is 15.7 Å². The molecule has 0 aliphatic carbocycles. The van der Waals surface area contributed by atoms with E-state index in [9.17, 15) is 4.79 Å². The van der Waals surface area contributed by atoms with Crippen LogP contribution in [0, 0.1) is 0 Å². The number of nitrogens with zero attached hydrogens (tertiary/aromatic N) is 2. The van der Waals surface area contributed by atoms with Gasteiger partial charge in [0.25, 0.3) is 0 Å². The first-order valence-electron chi connectivity index (χ1n) is 7.62. The van der Waals surface area contributed by atoms with Crippen LogP contribution in [0.2, 0.25) is 0 Å². The molecule has 0 amide bonds. The minimum absolute atomic E-state index is 0.273. The fraction of sp³-hybridized carbons (Fsp3) is 0.158. The van der Waals surface area contributed by atoms with Crippen molar-refractivity contribution >= 4 is 39.6 Å².